The van der Waals surface area contributed by atoms with Gasteiger partial charge in [-0.1, -0.05) is 67.9 Å². The average Bonchev–Trinajstić information content (AvgIpc) is 2.98. The van der Waals surface area contributed by atoms with E-state index in [-0.39, 0.29) is 6.04 Å². The van der Waals surface area contributed by atoms with Gasteiger partial charge >= 0.3 is 0 Å². The third-order valence-corrected chi connectivity index (χ3v) is 9.38. The molecule has 5 rings (SSSR count). The van der Waals surface area contributed by atoms with E-state index in [9.17, 15) is 8.42 Å². The molecule has 0 bridgehead atoms. The maximum atomic E-state index is 13.3. The molecule has 0 amide bonds. The minimum Gasteiger partial charge on any atom is -0.369 e. The number of sulfonamides is 1. The molecule has 1 aliphatic rings. The van der Waals surface area contributed by atoms with Gasteiger partial charge in [0.1, 0.15) is 11.6 Å². The number of benzene rings is 3. The summed E-state index contributed by atoms with van der Waals surface area (Å²) in [6, 6.07) is 25.8. The molecule has 4 aromatic rings. The Labute approximate surface area is 232 Å². The molecule has 1 atom stereocenters. The third-order valence-electron chi connectivity index (χ3n) is 7.46. The lowest BCUT2D eigenvalue weighted by molar-refractivity contribution is 0.141. The summed E-state index contributed by atoms with van der Waals surface area (Å²) in [4.78, 5) is 12.5. The van der Waals surface area contributed by atoms with Crippen LogP contribution in [0.15, 0.2) is 83.8 Å². The molecule has 1 aromatic heterocycles. The fourth-order valence-corrected chi connectivity index (χ4v) is 6.57. The van der Waals surface area contributed by atoms with E-state index in [4.69, 9.17) is 9.97 Å². The summed E-state index contributed by atoms with van der Waals surface area (Å²) in [6.07, 6.45) is 2.90. The van der Waals surface area contributed by atoms with E-state index >= 15 is 0 Å². The van der Waals surface area contributed by atoms with E-state index in [0.29, 0.717) is 31.1 Å². The summed E-state index contributed by atoms with van der Waals surface area (Å²) in [5.74, 6) is 1.59. The lowest BCUT2D eigenvalue weighted by Gasteiger charge is -2.37. The van der Waals surface area contributed by atoms with Crippen LogP contribution in [-0.2, 0) is 22.9 Å². The highest BCUT2D eigenvalue weighted by Crippen LogP contribution is 2.27. The van der Waals surface area contributed by atoms with Crippen LogP contribution in [0, 0.1) is 0 Å². The fourth-order valence-electron chi connectivity index (χ4n) is 5.15. The van der Waals surface area contributed by atoms with Crippen LogP contribution in [0.3, 0.4) is 0 Å². The number of para-hydroxylation sites is 1. The molecule has 7 nitrogen and oxygen atoms in total. The number of nitrogens with zero attached hydrogens (tertiary/aromatic N) is 4. The third kappa shape index (κ3) is 6.30. The summed E-state index contributed by atoms with van der Waals surface area (Å²) in [5.41, 5.74) is 3.35. The molecule has 1 aliphatic heterocycles. The van der Waals surface area contributed by atoms with Crippen molar-refractivity contribution in [2.24, 2.45) is 0 Å². The number of aryl methyl sites for hydroxylation is 1. The highest BCUT2D eigenvalue weighted by atomic mass is 32.2. The Morgan fingerprint density at radius 1 is 0.821 bits per heavy atom. The van der Waals surface area contributed by atoms with Gasteiger partial charge in [-0.05, 0) is 55.2 Å². The second-order valence-corrected chi connectivity index (χ2v) is 12.1. The molecule has 0 aliphatic carbocycles. The first-order valence-electron chi connectivity index (χ1n) is 13.8. The number of piperazine rings is 1. The van der Waals surface area contributed by atoms with Gasteiger partial charge in [0.15, 0.2) is 0 Å². The quantitative estimate of drug-likeness (QED) is 0.292. The van der Waals surface area contributed by atoms with E-state index in [1.54, 1.807) is 16.4 Å². The minimum atomic E-state index is -3.51. The Bertz CT molecular complexity index is 1480. The topological polar surface area (TPSA) is 78.4 Å². The Morgan fingerprint density at radius 2 is 1.49 bits per heavy atom. The van der Waals surface area contributed by atoms with E-state index in [1.165, 1.54) is 11.1 Å². The van der Waals surface area contributed by atoms with Gasteiger partial charge in [-0.15, -0.1) is 0 Å². The Morgan fingerprint density at radius 3 is 2.21 bits per heavy atom. The number of nitrogens with one attached hydrogen (secondary N) is 1. The number of hydrogen-bond donors (Lipinski definition) is 1. The number of anilines is 1. The fraction of sp³-hybridized carbons (Fsp3) is 0.355. The number of fused-ring (bicyclic) bond motifs is 1. The number of rotatable bonds is 10. The Kier molecular flexibility index (Phi) is 8.55. The van der Waals surface area contributed by atoms with Crippen molar-refractivity contribution in [2.45, 2.75) is 44.0 Å². The largest absolute Gasteiger partial charge is 0.369 e. The standard InChI is InChI=1S/C31H37N5O2S/c1-3-9-25-14-16-27(17-15-25)39(37,38)36-22-20-35(21-23-36)24(2)30-33-29-13-8-7-12-28(29)31(34-30)32-19-18-26-10-5-4-6-11-26/h4-8,10-17,24H,3,9,18-23H2,1-2H3,(H,32,33,34)/t24-/m1/s1. The molecule has 0 spiro atoms. The van der Waals surface area contributed by atoms with Crippen molar-refractivity contribution in [1.82, 2.24) is 19.2 Å². The van der Waals surface area contributed by atoms with Crippen molar-refractivity contribution in [3.8, 4) is 0 Å². The first-order valence-corrected chi connectivity index (χ1v) is 15.3. The zero-order valence-corrected chi connectivity index (χ0v) is 23.6. The van der Waals surface area contributed by atoms with Crippen molar-refractivity contribution in [3.05, 3.63) is 95.8 Å². The minimum absolute atomic E-state index is 0.0394. The summed E-state index contributed by atoms with van der Waals surface area (Å²) in [5, 5.41) is 4.54. The summed E-state index contributed by atoms with van der Waals surface area (Å²) >= 11 is 0. The summed E-state index contributed by atoms with van der Waals surface area (Å²) < 4.78 is 28.1. The zero-order valence-electron chi connectivity index (χ0n) is 22.8. The first-order chi connectivity index (χ1) is 19.0. The van der Waals surface area contributed by atoms with Gasteiger partial charge in [0, 0.05) is 38.1 Å². The van der Waals surface area contributed by atoms with Crippen molar-refractivity contribution in [2.75, 3.05) is 38.0 Å². The Hall–Kier alpha value is -3.33. The van der Waals surface area contributed by atoms with Crippen molar-refractivity contribution in [3.63, 3.8) is 0 Å². The lowest BCUT2D eigenvalue weighted by Crippen LogP contribution is -2.49. The van der Waals surface area contributed by atoms with Gasteiger partial charge in [-0.25, -0.2) is 18.4 Å². The molecule has 0 saturated carbocycles. The molecule has 0 radical (unpaired) electrons. The van der Waals surface area contributed by atoms with E-state index in [1.807, 2.05) is 42.5 Å². The molecule has 2 heterocycles. The van der Waals surface area contributed by atoms with E-state index in [0.717, 1.165) is 48.4 Å². The van der Waals surface area contributed by atoms with Crippen LogP contribution >= 0.6 is 0 Å². The molecule has 1 fully saturated rings. The lowest BCUT2D eigenvalue weighted by atomic mass is 10.1. The molecule has 39 heavy (non-hydrogen) atoms. The molecular weight excluding hydrogens is 506 g/mol. The molecular formula is C31H37N5O2S. The predicted octanol–water partition coefficient (Wildman–Crippen LogP) is 5.30. The second kappa shape index (κ2) is 12.2. The maximum Gasteiger partial charge on any atom is 0.243 e. The average molecular weight is 544 g/mol. The van der Waals surface area contributed by atoms with Gasteiger partial charge in [0.25, 0.3) is 0 Å². The van der Waals surface area contributed by atoms with Crippen molar-refractivity contribution in [1.29, 1.82) is 0 Å². The zero-order chi connectivity index (χ0) is 27.2. The van der Waals surface area contributed by atoms with Crippen molar-refractivity contribution < 1.29 is 8.42 Å². The van der Waals surface area contributed by atoms with Crippen LogP contribution in [0.4, 0.5) is 5.82 Å². The highest BCUT2D eigenvalue weighted by Gasteiger charge is 2.31. The van der Waals surface area contributed by atoms with Gasteiger partial charge < -0.3 is 5.32 Å². The summed E-state index contributed by atoms with van der Waals surface area (Å²) in [7, 11) is -3.51. The monoisotopic (exact) mass is 543 g/mol. The molecule has 0 unspecified atom stereocenters. The first kappa shape index (κ1) is 27.2. The van der Waals surface area contributed by atoms with Crippen LogP contribution < -0.4 is 5.32 Å². The summed E-state index contributed by atoms with van der Waals surface area (Å²) in [6.45, 7) is 7.14. The number of aromatic nitrogens is 2. The molecule has 1 N–H and O–H groups in total. The van der Waals surface area contributed by atoms with E-state index < -0.39 is 10.0 Å². The van der Waals surface area contributed by atoms with Crippen LogP contribution in [0.25, 0.3) is 10.9 Å². The normalized spacial score (nSPS) is 15.8. The molecule has 3 aromatic carbocycles. The smallest absolute Gasteiger partial charge is 0.243 e. The van der Waals surface area contributed by atoms with Crippen molar-refractivity contribution >= 4 is 26.7 Å². The Balaban J connectivity index is 1.27. The van der Waals surface area contributed by atoms with Crippen LogP contribution in [0.1, 0.15) is 43.3 Å². The van der Waals surface area contributed by atoms with Gasteiger partial charge in [0.2, 0.25) is 10.0 Å². The second-order valence-electron chi connectivity index (χ2n) is 10.1. The molecule has 204 valence electrons. The van der Waals surface area contributed by atoms with Gasteiger partial charge in [-0.2, -0.15) is 4.31 Å². The highest BCUT2D eigenvalue weighted by molar-refractivity contribution is 7.89. The van der Waals surface area contributed by atoms with Gasteiger partial charge in [-0.3, -0.25) is 4.90 Å². The van der Waals surface area contributed by atoms with Crippen LogP contribution in [0.2, 0.25) is 0 Å². The van der Waals surface area contributed by atoms with Crippen LogP contribution in [-0.4, -0.2) is 60.3 Å². The SMILES string of the molecule is CCCc1ccc(S(=O)(=O)N2CCN([C@H](C)c3nc(NCCc4ccccc4)c4ccccc4n3)CC2)cc1. The predicted molar refractivity (Wildman–Crippen MR) is 157 cm³/mol. The molecule has 8 heteroatoms. The number of hydrogen-bond acceptors (Lipinski definition) is 6. The maximum absolute atomic E-state index is 13.3. The van der Waals surface area contributed by atoms with Gasteiger partial charge in [0.05, 0.1) is 16.5 Å². The molecule has 1 saturated heterocycles. The van der Waals surface area contributed by atoms with Crippen LogP contribution in [0.5, 0.6) is 0 Å². The van der Waals surface area contributed by atoms with E-state index in [2.05, 4.69) is 48.3 Å².